The molecule has 0 amide bonds. The van der Waals surface area contributed by atoms with E-state index in [1.54, 1.807) is 0 Å². The molecule has 15 heavy (non-hydrogen) atoms. The van der Waals surface area contributed by atoms with Crippen molar-refractivity contribution < 1.29 is 0 Å². The average molecular weight is 212 g/mol. The third kappa shape index (κ3) is 4.52. The Morgan fingerprint density at radius 3 is 2.40 bits per heavy atom. The summed E-state index contributed by atoms with van der Waals surface area (Å²) in [5, 5.41) is 3.50. The van der Waals surface area contributed by atoms with Crippen LogP contribution in [0.25, 0.3) is 0 Å². The van der Waals surface area contributed by atoms with Crippen LogP contribution in [0.2, 0.25) is 0 Å². The maximum atomic E-state index is 3.50. The maximum Gasteiger partial charge on any atom is 0.00194 e. The standard InChI is InChI=1S/C13H28N2/c1-5-6-14-7-11(2)8-15-9-12(3)13(4)10-15/h11-14H,5-10H2,1-4H3. The first-order chi connectivity index (χ1) is 7.13. The number of nitrogens with zero attached hydrogens (tertiary/aromatic N) is 1. The van der Waals surface area contributed by atoms with Crippen LogP contribution >= 0.6 is 0 Å². The summed E-state index contributed by atoms with van der Waals surface area (Å²) in [6.45, 7) is 15.6. The van der Waals surface area contributed by atoms with Crippen molar-refractivity contribution in [1.29, 1.82) is 0 Å². The van der Waals surface area contributed by atoms with Crippen molar-refractivity contribution in [1.82, 2.24) is 10.2 Å². The van der Waals surface area contributed by atoms with Crippen molar-refractivity contribution in [2.24, 2.45) is 17.8 Å². The highest BCUT2D eigenvalue weighted by Gasteiger charge is 2.26. The molecule has 3 unspecified atom stereocenters. The van der Waals surface area contributed by atoms with E-state index in [2.05, 4.69) is 37.9 Å². The molecule has 1 fully saturated rings. The molecule has 1 N–H and O–H groups in total. The van der Waals surface area contributed by atoms with Gasteiger partial charge in [0, 0.05) is 19.6 Å². The van der Waals surface area contributed by atoms with Crippen molar-refractivity contribution in [3.63, 3.8) is 0 Å². The van der Waals surface area contributed by atoms with Gasteiger partial charge in [-0.05, 0) is 37.3 Å². The molecule has 1 rings (SSSR count). The molecule has 1 aliphatic heterocycles. The lowest BCUT2D eigenvalue weighted by atomic mass is 10.0. The van der Waals surface area contributed by atoms with Gasteiger partial charge < -0.3 is 10.2 Å². The lowest BCUT2D eigenvalue weighted by molar-refractivity contribution is 0.272. The van der Waals surface area contributed by atoms with Crippen molar-refractivity contribution in [3.8, 4) is 0 Å². The molecule has 1 aliphatic rings. The number of likely N-dealkylation sites (tertiary alicyclic amines) is 1. The van der Waals surface area contributed by atoms with Crippen LogP contribution in [0, 0.1) is 17.8 Å². The van der Waals surface area contributed by atoms with Gasteiger partial charge in [-0.1, -0.05) is 27.7 Å². The van der Waals surface area contributed by atoms with Crippen molar-refractivity contribution in [2.75, 3.05) is 32.7 Å². The van der Waals surface area contributed by atoms with Crippen molar-refractivity contribution >= 4 is 0 Å². The van der Waals surface area contributed by atoms with Gasteiger partial charge in [-0.3, -0.25) is 0 Å². The van der Waals surface area contributed by atoms with Crippen LogP contribution in [0.3, 0.4) is 0 Å². The van der Waals surface area contributed by atoms with Gasteiger partial charge in [0.05, 0.1) is 0 Å². The predicted octanol–water partition coefficient (Wildman–Crippen LogP) is 2.21. The van der Waals surface area contributed by atoms with E-state index in [1.165, 1.54) is 32.6 Å². The summed E-state index contributed by atoms with van der Waals surface area (Å²) >= 11 is 0. The van der Waals surface area contributed by atoms with E-state index in [0.29, 0.717) is 0 Å². The average Bonchev–Trinajstić information content (AvgIpc) is 2.46. The fraction of sp³-hybridized carbons (Fsp3) is 1.00. The first kappa shape index (κ1) is 13.0. The lowest BCUT2D eigenvalue weighted by Crippen LogP contribution is -2.32. The number of hydrogen-bond donors (Lipinski definition) is 1. The Balaban J connectivity index is 2.13. The van der Waals surface area contributed by atoms with Gasteiger partial charge >= 0.3 is 0 Å². The largest absolute Gasteiger partial charge is 0.316 e. The maximum absolute atomic E-state index is 3.50. The molecule has 0 aromatic carbocycles. The fourth-order valence-electron chi connectivity index (χ4n) is 2.43. The third-order valence-corrected chi connectivity index (χ3v) is 3.55. The normalized spacial score (nSPS) is 29.6. The highest BCUT2D eigenvalue weighted by molar-refractivity contribution is 4.79. The van der Waals surface area contributed by atoms with Crippen LogP contribution in [0.15, 0.2) is 0 Å². The van der Waals surface area contributed by atoms with Crippen LogP contribution in [0.4, 0.5) is 0 Å². The minimum atomic E-state index is 0.786. The van der Waals surface area contributed by atoms with E-state index in [0.717, 1.165) is 24.3 Å². The van der Waals surface area contributed by atoms with E-state index < -0.39 is 0 Å². The van der Waals surface area contributed by atoms with Crippen LogP contribution in [0.1, 0.15) is 34.1 Å². The summed E-state index contributed by atoms with van der Waals surface area (Å²) < 4.78 is 0. The van der Waals surface area contributed by atoms with Gasteiger partial charge in [-0.2, -0.15) is 0 Å². The Morgan fingerprint density at radius 1 is 1.27 bits per heavy atom. The molecular formula is C13H28N2. The number of rotatable bonds is 6. The molecule has 0 spiro atoms. The molecule has 0 radical (unpaired) electrons. The second-order valence-electron chi connectivity index (χ2n) is 5.48. The Bertz CT molecular complexity index is 160. The number of hydrogen-bond acceptors (Lipinski definition) is 2. The second-order valence-corrected chi connectivity index (χ2v) is 5.48. The zero-order valence-electron chi connectivity index (χ0n) is 10.9. The minimum Gasteiger partial charge on any atom is -0.316 e. The summed E-state index contributed by atoms with van der Waals surface area (Å²) in [7, 11) is 0. The third-order valence-electron chi connectivity index (χ3n) is 3.55. The quantitative estimate of drug-likeness (QED) is 0.679. The molecule has 0 saturated carbocycles. The topological polar surface area (TPSA) is 15.3 Å². The molecule has 0 bridgehead atoms. The first-order valence-corrected chi connectivity index (χ1v) is 6.56. The van der Waals surface area contributed by atoms with E-state index in [9.17, 15) is 0 Å². The molecule has 90 valence electrons. The van der Waals surface area contributed by atoms with Crippen LogP contribution in [-0.2, 0) is 0 Å². The summed E-state index contributed by atoms with van der Waals surface area (Å²) in [4.78, 5) is 2.63. The van der Waals surface area contributed by atoms with Crippen LogP contribution in [-0.4, -0.2) is 37.6 Å². The smallest absolute Gasteiger partial charge is 0.00194 e. The Hall–Kier alpha value is -0.0800. The first-order valence-electron chi connectivity index (χ1n) is 6.56. The molecule has 3 atom stereocenters. The zero-order chi connectivity index (χ0) is 11.3. The minimum absolute atomic E-state index is 0.786. The van der Waals surface area contributed by atoms with Gasteiger partial charge in [-0.15, -0.1) is 0 Å². The summed E-state index contributed by atoms with van der Waals surface area (Å²) in [6, 6.07) is 0. The highest BCUT2D eigenvalue weighted by Crippen LogP contribution is 2.22. The molecule has 1 heterocycles. The van der Waals surface area contributed by atoms with E-state index in [4.69, 9.17) is 0 Å². The van der Waals surface area contributed by atoms with E-state index >= 15 is 0 Å². The molecule has 2 heteroatoms. The molecule has 0 aromatic rings. The Kier molecular flexibility index (Phi) is 5.62. The molecule has 1 saturated heterocycles. The SMILES string of the molecule is CCCNCC(C)CN1CC(C)C(C)C1. The fourth-order valence-corrected chi connectivity index (χ4v) is 2.43. The molecule has 0 aromatic heterocycles. The predicted molar refractivity (Wildman–Crippen MR) is 67.1 cm³/mol. The Morgan fingerprint density at radius 2 is 1.87 bits per heavy atom. The van der Waals surface area contributed by atoms with E-state index in [-0.39, 0.29) is 0 Å². The molecule has 2 nitrogen and oxygen atoms in total. The zero-order valence-corrected chi connectivity index (χ0v) is 10.9. The monoisotopic (exact) mass is 212 g/mol. The Labute approximate surface area is 95.4 Å². The van der Waals surface area contributed by atoms with E-state index in [1.807, 2.05) is 0 Å². The van der Waals surface area contributed by atoms with Crippen LogP contribution < -0.4 is 5.32 Å². The summed E-state index contributed by atoms with van der Waals surface area (Å²) in [6.07, 6.45) is 1.24. The summed E-state index contributed by atoms with van der Waals surface area (Å²) in [5.41, 5.74) is 0. The summed E-state index contributed by atoms with van der Waals surface area (Å²) in [5.74, 6) is 2.57. The van der Waals surface area contributed by atoms with Gasteiger partial charge in [0.2, 0.25) is 0 Å². The van der Waals surface area contributed by atoms with Gasteiger partial charge in [0.1, 0.15) is 0 Å². The number of nitrogens with one attached hydrogen (secondary N) is 1. The second kappa shape index (κ2) is 6.49. The van der Waals surface area contributed by atoms with Gasteiger partial charge in [0.15, 0.2) is 0 Å². The van der Waals surface area contributed by atoms with Crippen molar-refractivity contribution in [3.05, 3.63) is 0 Å². The lowest BCUT2D eigenvalue weighted by Gasteiger charge is -2.21. The molecule has 0 aliphatic carbocycles. The van der Waals surface area contributed by atoms with Gasteiger partial charge in [-0.25, -0.2) is 0 Å². The van der Waals surface area contributed by atoms with Crippen molar-refractivity contribution in [2.45, 2.75) is 34.1 Å². The van der Waals surface area contributed by atoms with Gasteiger partial charge in [0.25, 0.3) is 0 Å². The van der Waals surface area contributed by atoms with Crippen LogP contribution in [0.5, 0.6) is 0 Å². The highest BCUT2D eigenvalue weighted by atomic mass is 15.2. The molecular weight excluding hydrogens is 184 g/mol.